The lowest BCUT2D eigenvalue weighted by Gasteiger charge is -2.31. The van der Waals surface area contributed by atoms with Gasteiger partial charge in [-0.15, -0.1) is 12.4 Å². The van der Waals surface area contributed by atoms with Gasteiger partial charge in [-0.2, -0.15) is 5.10 Å². The highest BCUT2D eigenvalue weighted by Crippen LogP contribution is 2.19. The van der Waals surface area contributed by atoms with E-state index in [9.17, 15) is 4.79 Å². The lowest BCUT2D eigenvalue weighted by molar-refractivity contribution is -0.129. The number of halogens is 1. The van der Waals surface area contributed by atoms with Crippen molar-refractivity contribution < 1.29 is 9.53 Å². The Bertz CT molecular complexity index is 739. The number of aryl methyl sites for hydroxylation is 1. The van der Waals surface area contributed by atoms with Gasteiger partial charge in [-0.05, 0) is 32.3 Å². The lowest BCUT2D eigenvalue weighted by Crippen LogP contribution is -2.56. The molecular weight excluding hydrogens is 352 g/mol. The van der Waals surface area contributed by atoms with E-state index in [0.29, 0.717) is 32.6 Å². The maximum absolute atomic E-state index is 12.5. The minimum absolute atomic E-state index is 0. The number of carbonyl (C=O) groups excluding carboxylic acids is 1. The van der Waals surface area contributed by atoms with Crippen molar-refractivity contribution in [2.45, 2.75) is 45.3 Å². The number of benzene rings is 1. The fourth-order valence-corrected chi connectivity index (χ4v) is 3.21. The van der Waals surface area contributed by atoms with Gasteiger partial charge in [0, 0.05) is 31.0 Å². The molecule has 3 N–H and O–H groups in total. The molecule has 1 aromatic heterocycles. The smallest absolute Gasteiger partial charge is 0.240 e. The van der Waals surface area contributed by atoms with Crippen LogP contribution in [-0.2, 0) is 22.6 Å². The molecule has 0 saturated carbocycles. The quantitative estimate of drug-likeness (QED) is 0.834. The maximum atomic E-state index is 12.5. The van der Waals surface area contributed by atoms with E-state index in [0.717, 1.165) is 23.5 Å². The van der Waals surface area contributed by atoms with Crippen molar-refractivity contribution >= 4 is 18.3 Å². The van der Waals surface area contributed by atoms with Crippen LogP contribution < -0.4 is 11.1 Å². The molecular formula is C19H27ClN4O2. The molecule has 7 heteroatoms. The molecule has 0 unspecified atom stereocenters. The molecule has 1 saturated heterocycles. The van der Waals surface area contributed by atoms with E-state index in [-0.39, 0.29) is 18.3 Å². The van der Waals surface area contributed by atoms with Gasteiger partial charge in [-0.3, -0.25) is 9.48 Å². The Morgan fingerprint density at radius 2 is 1.92 bits per heavy atom. The average molecular weight is 379 g/mol. The summed E-state index contributed by atoms with van der Waals surface area (Å²) in [6.45, 7) is 6.26. The van der Waals surface area contributed by atoms with E-state index >= 15 is 0 Å². The van der Waals surface area contributed by atoms with Gasteiger partial charge in [0.15, 0.2) is 0 Å². The Labute approximate surface area is 160 Å². The summed E-state index contributed by atoms with van der Waals surface area (Å²) in [4.78, 5) is 12.5. The van der Waals surface area contributed by atoms with E-state index < -0.39 is 5.54 Å². The fourth-order valence-electron chi connectivity index (χ4n) is 3.21. The number of hydrogen-bond donors (Lipinski definition) is 2. The molecule has 0 bridgehead atoms. The van der Waals surface area contributed by atoms with Crippen molar-refractivity contribution in [3.8, 4) is 0 Å². The highest BCUT2D eigenvalue weighted by molar-refractivity contribution is 5.86. The second kappa shape index (κ2) is 8.66. The number of carbonyl (C=O) groups is 1. The van der Waals surface area contributed by atoms with Crippen LogP contribution in [0.2, 0.25) is 0 Å². The molecule has 6 nitrogen and oxygen atoms in total. The zero-order valence-electron chi connectivity index (χ0n) is 15.3. The van der Waals surface area contributed by atoms with Crippen LogP contribution in [0.5, 0.6) is 0 Å². The molecule has 142 valence electrons. The maximum Gasteiger partial charge on any atom is 0.240 e. The van der Waals surface area contributed by atoms with E-state index in [4.69, 9.17) is 10.5 Å². The van der Waals surface area contributed by atoms with Crippen LogP contribution >= 0.6 is 12.4 Å². The van der Waals surface area contributed by atoms with Gasteiger partial charge in [0.25, 0.3) is 0 Å². The van der Waals surface area contributed by atoms with Crippen molar-refractivity contribution in [1.29, 1.82) is 0 Å². The molecule has 0 aliphatic carbocycles. The largest absolute Gasteiger partial charge is 0.381 e. The average Bonchev–Trinajstić information content (AvgIpc) is 2.88. The second-order valence-corrected chi connectivity index (χ2v) is 6.74. The predicted octanol–water partition coefficient (Wildman–Crippen LogP) is 2.09. The Kier molecular flexibility index (Phi) is 6.81. The third kappa shape index (κ3) is 4.44. The topological polar surface area (TPSA) is 82.2 Å². The molecule has 3 rings (SSSR count). The second-order valence-electron chi connectivity index (χ2n) is 6.74. The van der Waals surface area contributed by atoms with Crippen molar-refractivity contribution in [1.82, 2.24) is 15.1 Å². The van der Waals surface area contributed by atoms with Gasteiger partial charge in [-0.1, -0.05) is 30.3 Å². The minimum Gasteiger partial charge on any atom is -0.381 e. The summed E-state index contributed by atoms with van der Waals surface area (Å²) in [5.41, 5.74) is 9.68. The third-order valence-corrected chi connectivity index (χ3v) is 4.97. The highest BCUT2D eigenvalue weighted by Gasteiger charge is 2.35. The molecule has 1 fully saturated rings. The van der Waals surface area contributed by atoms with E-state index in [1.807, 2.05) is 36.7 Å². The number of nitrogens with zero attached hydrogens (tertiary/aromatic N) is 2. The number of nitrogens with two attached hydrogens (primary N) is 1. The van der Waals surface area contributed by atoms with Crippen molar-refractivity contribution in [2.75, 3.05) is 13.2 Å². The van der Waals surface area contributed by atoms with Crippen LogP contribution in [0.3, 0.4) is 0 Å². The summed E-state index contributed by atoms with van der Waals surface area (Å²) in [7, 11) is 0. The van der Waals surface area contributed by atoms with Gasteiger partial charge in [0.05, 0.1) is 17.8 Å². The van der Waals surface area contributed by atoms with Gasteiger partial charge >= 0.3 is 0 Å². The summed E-state index contributed by atoms with van der Waals surface area (Å²) in [6.07, 6.45) is 1.12. The number of amides is 1. The molecule has 1 aromatic carbocycles. The fraction of sp³-hybridized carbons (Fsp3) is 0.474. The van der Waals surface area contributed by atoms with Gasteiger partial charge < -0.3 is 15.8 Å². The summed E-state index contributed by atoms with van der Waals surface area (Å²) in [6, 6.07) is 10.2. The first-order valence-electron chi connectivity index (χ1n) is 8.71. The van der Waals surface area contributed by atoms with Gasteiger partial charge in [0.1, 0.15) is 0 Å². The number of hydrogen-bond acceptors (Lipinski definition) is 4. The first kappa shape index (κ1) is 20.4. The molecule has 0 atom stereocenters. The van der Waals surface area contributed by atoms with Crippen LogP contribution in [0, 0.1) is 13.8 Å². The van der Waals surface area contributed by atoms with Crippen LogP contribution in [0.25, 0.3) is 0 Å². The molecule has 26 heavy (non-hydrogen) atoms. The van der Waals surface area contributed by atoms with Crippen LogP contribution in [0.4, 0.5) is 0 Å². The molecule has 1 aliphatic heterocycles. The molecule has 2 aromatic rings. The van der Waals surface area contributed by atoms with Gasteiger partial charge in [0.2, 0.25) is 5.91 Å². The monoisotopic (exact) mass is 378 g/mol. The lowest BCUT2D eigenvalue weighted by atomic mass is 9.90. The third-order valence-electron chi connectivity index (χ3n) is 4.97. The normalized spacial score (nSPS) is 16.0. The Hall–Kier alpha value is -1.89. The SMILES string of the molecule is Cc1nn(Cc2ccccc2)c(C)c1CNC(=O)C1(N)CCOCC1.Cl. The Morgan fingerprint density at radius 1 is 1.27 bits per heavy atom. The molecule has 2 heterocycles. The molecule has 0 radical (unpaired) electrons. The summed E-state index contributed by atoms with van der Waals surface area (Å²) >= 11 is 0. The summed E-state index contributed by atoms with van der Waals surface area (Å²) in [5, 5.41) is 7.62. The number of rotatable bonds is 5. The molecule has 1 aliphatic rings. The van der Waals surface area contributed by atoms with Crippen LogP contribution in [0.15, 0.2) is 30.3 Å². The van der Waals surface area contributed by atoms with E-state index in [2.05, 4.69) is 22.5 Å². The first-order chi connectivity index (χ1) is 12.0. The molecule has 0 spiro atoms. The van der Waals surface area contributed by atoms with Gasteiger partial charge in [-0.25, -0.2) is 0 Å². The minimum atomic E-state index is -0.819. The number of aromatic nitrogens is 2. The zero-order valence-corrected chi connectivity index (χ0v) is 16.1. The van der Waals surface area contributed by atoms with Crippen LogP contribution in [0.1, 0.15) is 35.4 Å². The van der Waals surface area contributed by atoms with E-state index in [1.165, 1.54) is 5.56 Å². The number of nitrogens with one attached hydrogen (secondary N) is 1. The van der Waals surface area contributed by atoms with E-state index in [1.54, 1.807) is 0 Å². The summed E-state index contributed by atoms with van der Waals surface area (Å²) < 4.78 is 7.29. The van der Waals surface area contributed by atoms with Crippen molar-refractivity contribution in [2.24, 2.45) is 5.73 Å². The van der Waals surface area contributed by atoms with Crippen LogP contribution in [-0.4, -0.2) is 34.4 Å². The standard InChI is InChI=1S/C19H26N4O2.ClH/c1-14-17(12-21-18(24)19(20)8-10-25-11-9-19)15(2)23(22-14)13-16-6-4-3-5-7-16;/h3-7H,8-13,20H2,1-2H3,(H,21,24);1H. The first-order valence-corrected chi connectivity index (χ1v) is 8.71. The highest BCUT2D eigenvalue weighted by atomic mass is 35.5. The number of ether oxygens (including phenoxy) is 1. The zero-order chi connectivity index (χ0) is 17.9. The Balaban J connectivity index is 0.00000243. The molecule has 1 amide bonds. The summed E-state index contributed by atoms with van der Waals surface area (Å²) in [5.74, 6) is -0.106. The predicted molar refractivity (Wildman–Crippen MR) is 103 cm³/mol. The van der Waals surface area contributed by atoms with Crippen molar-refractivity contribution in [3.05, 3.63) is 52.8 Å². The van der Waals surface area contributed by atoms with Crippen molar-refractivity contribution in [3.63, 3.8) is 0 Å². The Morgan fingerprint density at radius 3 is 2.58 bits per heavy atom.